The molecule has 0 aromatic carbocycles. The first kappa shape index (κ1) is 10.4. The molecule has 6 nitrogen and oxygen atoms in total. The van der Waals surface area contributed by atoms with E-state index in [1.54, 1.807) is 6.07 Å². The molecule has 0 bridgehead atoms. The molecule has 3 N–H and O–H groups in total. The van der Waals surface area contributed by atoms with Crippen LogP contribution in [0, 0.1) is 0 Å². The van der Waals surface area contributed by atoms with E-state index in [2.05, 4.69) is 20.0 Å². The van der Waals surface area contributed by atoms with Gasteiger partial charge in [0.1, 0.15) is 5.82 Å². The summed E-state index contributed by atoms with van der Waals surface area (Å²) in [6, 6.07) is 1.65. The lowest BCUT2D eigenvalue weighted by Crippen LogP contribution is -2.15. The van der Waals surface area contributed by atoms with Crippen LogP contribution in [0.5, 0.6) is 0 Å². The highest BCUT2D eigenvalue weighted by Gasteiger charge is 2.08. The summed E-state index contributed by atoms with van der Waals surface area (Å²) in [6.45, 7) is 1.09. The summed E-state index contributed by atoms with van der Waals surface area (Å²) in [5, 5.41) is 2.93. The molecule has 1 rings (SSSR count). The summed E-state index contributed by atoms with van der Waals surface area (Å²) in [7, 11) is 1.28. The SMILES string of the molecule is COC(=O)c1nccc(NCCN)n1. The lowest BCUT2D eigenvalue weighted by atomic mass is 10.5. The number of esters is 1. The van der Waals surface area contributed by atoms with Crippen LogP contribution in [-0.2, 0) is 4.74 Å². The fraction of sp³-hybridized carbons (Fsp3) is 0.375. The second kappa shape index (κ2) is 5.13. The Bertz CT molecular complexity index is 316. The predicted molar refractivity (Wildman–Crippen MR) is 50.9 cm³/mol. The van der Waals surface area contributed by atoms with Gasteiger partial charge in [-0.05, 0) is 6.07 Å². The minimum absolute atomic E-state index is 0.0366. The van der Waals surface area contributed by atoms with Crippen molar-refractivity contribution < 1.29 is 9.53 Å². The van der Waals surface area contributed by atoms with E-state index in [4.69, 9.17) is 5.73 Å². The number of hydrogen-bond donors (Lipinski definition) is 2. The molecular weight excluding hydrogens is 184 g/mol. The van der Waals surface area contributed by atoms with Crippen molar-refractivity contribution >= 4 is 11.8 Å². The number of aromatic nitrogens is 2. The second-order valence-electron chi connectivity index (χ2n) is 2.47. The molecule has 76 valence electrons. The maximum absolute atomic E-state index is 11.0. The van der Waals surface area contributed by atoms with Crippen molar-refractivity contribution in [2.24, 2.45) is 5.73 Å². The number of methoxy groups -OCH3 is 1. The van der Waals surface area contributed by atoms with Gasteiger partial charge in [-0.3, -0.25) is 0 Å². The Morgan fingerprint density at radius 1 is 1.71 bits per heavy atom. The van der Waals surface area contributed by atoms with Crippen LogP contribution < -0.4 is 11.1 Å². The first-order valence-electron chi connectivity index (χ1n) is 4.13. The standard InChI is InChI=1S/C8H12N4O2/c1-14-8(13)7-11-4-2-6(12-7)10-5-3-9/h2,4H,3,5,9H2,1H3,(H,10,11,12). The van der Waals surface area contributed by atoms with Crippen LogP contribution in [-0.4, -0.2) is 36.1 Å². The summed E-state index contributed by atoms with van der Waals surface area (Å²) in [5.74, 6) is 0.0433. The van der Waals surface area contributed by atoms with Gasteiger partial charge >= 0.3 is 5.97 Å². The van der Waals surface area contributed by atoms with Gasteiger partial charge in [0.25, 0.3) is 0 Å². The van der Waals surface area contributed by atoms with Crippen LogP contribution >= 0.6 is 0 Å². The third kappa shape index (κ3) is 2.67. The van der Waals surface area contributed by atoms with Crippen LogP contribution in [0.1, 0.15) is 10.6 Å². The number of carbonyl (C=O) groups is 1. The molecule has 1 aromatic heterocycles. The zero-order chi connectivity index (χ0) is 10.4. The highest BCUT2D eigenvalue weighted by Crippen LogP contribution is 2.01. The molecule has 14 heavy (non-hydrogen) atoms. The number of ether oxygens (including phenoxy) is 1. The Kier molecular flexibility index (Phi) is 3.81. The number of nitrogens with zero attached hydrogens (tertiary/aromatic N) is 2. The molecule has 1 aromatic rings. The van der Waals surface area contributed by atoms with Crippen LogP contribution in [0.25, 0.3) is 0 Å². The Hall–Kier alpha value is -1.69. The van der Waals surface area contributed by atoms with Crippen LogP contribution in [0.4, 0.5) is 5.82 Å². The van der Waals surface area contributed by atoms with E-state index in [1.807, 2.05) is 0 Å². The van der Waals surface area contributed by atoms with E-state index in [1.165, 1.54) is 13.3 Å². The molecule has 0 radical (unpaired) electrons. The first-order chi connectivity index (χ1) is 6.77. The van der Waals surface area contributed by atoms with Crippen molar-refractivity contribution in [2.45, 2.75) is 0 Å². The van der Waals surface area contributed by atoms with E-state index in [-0.39, 0.29) is 5.82 Å². The van der Waals surface area contributed by atoms with Crippen molar-refractivity contribution in [2.75, 3.05) is 25.5 Å². The van der Waals surface area contributed by atoms with Gasteiger partial charge < -0.3 is 15.8 Å². The highest BCUT2D eigenvalue weighted by atomic mass is 16.5. The van der Waals surface area contributed by atoms with Crippen LogP contribution in [0.3, 0.4) is 0 Å². The van der Waals surface area contributed by atoms with Gasteiger partial charge in [-0.15, -0.1) is 0 Å². The van der Waals surface area contributed by atoms with Crippen molar-refractivity contribution in [1.29, 1.82) is 0 Å². The smallest absolute Gasteiger partial charge is 0.376 e. The zero-order valence-corrected chi connectivity index (χ0v) is 7.86. The number of nitrogens with one attached hydrogen (secondary N) is 1. The van der Waals surface area contributed by atoms with Gasteiger partial charge in [0.2, 0.25) is 5.82 Å². The maximum atomic E-state index is 11.0. The van der Waals surface area contributed by atoms with Gasteiger partial charge in [0, 0.05) is 19.3 Å². The average Bonchev–Trinajstić information content (AvgIpc) is 2.25. The minimum atomic E-state index is -0.554. The molecular formula is C8H12N4O2. The molecule has 0 amide bonds. The van der Waals surface area contributed by atoms with Crippen LogP contribution in [0.2, 0.25) is 0 Å². The molecule has 0 aliphatic heterocycles. The van der Waals surface area contributed by atoms with E-state index < -0.39 is 5.97 Å². The number of anilines is 1. The Balaban J connectivity index is 2.73. The van der Waals surface area contributed by atoms with Gasteiger partial charge in [-0.1, -0.05) is 0 Å². The first-order valence-corrected chi connectivity index (χ1v) is 4.13. The Morgan fingerprint density at radius 3 is 3.14 bits per heavy atom. The summed E-state index contributed by atoms with van der Waals surface area (Å²) < 4.78 is 4.48. The molecule has 0 saturated heterocycles. The summed E-state index contributed by atoms with van der Waals surface area (Å²) in [6.07, 6.45) is 1.48. The molecule has 0 atom stereocenters. The zero-order valence-electron chi connectivity index (χ0n) is 7.86. The van der Waals surface area contributed by atoms with E-state index in [9.17, 15) is 4.79 Å². The summed E-state index contributed by atoms with van der Waals surface area (Å²) in [4.78, 5) is 18.7. The minimum Gasteiger partial charge on any atom is -0.463 e. The van der Waals surface area contributed by atoms with Crippen LogP contribution in [0.15, 0.2) is 12.3 Å². The average molecular weight is 196 g/mol. The number of nitrogens with two attached hydrogens (primary N) is 1. The third-order valence-corrected chi connectivity index (χ3v) is 1.47. The second-order valence-corrected chi connectivity index (χ2v) is 2.47. The largest absolute Gasteiger partial charge is 0.463 e. The van der Waals surface area contributed by atoms with Crippen molar-refractivity contribution in [3.63, 3.8) is 0 Å². The number of rotatable bonds is 4. The summed E-state index contributed by atoms with van der Waals surface area (Å²) >= 11 is 0. The van der Waals surface area contributed by atoms with Gasteiger partial charge in [0.15, 0.2) is 0 Å². The monoisotopic (exact) mass is 196 g/mol. The molecule has 0 unspecified atom stereocenters. The van der Waals surface area contributed by atoms with E-state index in [0.717, 1.165) is 0 Å². The van der Waals surface area contributed by atoms with Crippen molar-refractivity contribution in [3.05, 3.63) is 18.1 Å². The molecule has 0 aliphatic rings. The van der Waals surface area contributed by atoms with Crippen molar-refractivity contribution in [1.82, 2.24) is 9.97 Å². The molecule has 0 spiro atoms. The van der Waals surface area contributed by atoms with Gasteiger partial charge in [-0.2, -0.15) is 0 Å². The maximum Gasteiger partial charge on any atom is 0.376 e. The van der Waals surface area contributed by atoms with Crippen molar-refractivity contribution in [3.8, 4) is 0 Å². The molecule has 1 heterocycles. The molecule has 0 saturated carbocycles. The molecule has 6 heteroatoms. The lowest BCUT2D eigenvalue weighted by molar-refractivity contribution is 0.0587. The number of hydrogen-bond acceptors (Lipinski definition) is 6. The van der Waals surface area contributed by atoms with E-state index in [0.29, 0.717) is 18.9 Å². The summed E-state index contributed by atoms with van der Waals surface area (Å²) in [5.41, 5.74) is 5.30. The fourth-order valence-corrected chi connectivity index (χ4v) is 0.847. The van der Waals surface area contributed by atoms with Gasteiger partial charge in [0.05, 0.1) is 7.11 Å². The Morgan fingerprint density at radius 2 is 2.50 bits per heavy atom. The number of carbonyl (C=O) groups excluding carboxylic acids is 1. The Labute approximate surface area is 81.5 Å². The van der Waals surface area contributed by atoms with Gasteiger partial charge in [-0.25, -0.2) is 14.8 Å². The molecule has 0 aliphatic carbocycles. The normalized spacial score (nSPS) is 9.57. The fourth-order valence-electron chi connectivity index (χ4n) is 0.847. The lowest BCUT2D eigenvalue weighted by Gasteiger charge is -2.03. The predicted octanol–water partition coefficient (Wildman–Crippen LogP) is -0.366. The molecule has 0 fully saturated rings. The third-order valence-electron chi connectivity index (χ3n) is 1.47. The quantitative estimate of drug-likeness (QED) is 0.639. The van der Waals surface area contributed by atoms with E-state index >= 15 is 0 Å². The topological polar surface area (TPSA) is 90.1 Å². The highest BCUT2D eigenvalue weighted by molar-refractivity contribution is 5.85.